The first-order valence-electron chi connectivity index (χ1n) is 6.18. The van der Waals surface area contributed by atoms with Crippen molar-refractivity contribution in [3.8, 4) is 0 Å². The Morgan fingerprint density at radius 3 is 2.53 bits per heavy atom. The third-order valence-corrected chi connectivity index (χ3v) is 4.33. The van der Waals surface area contributed by atoms with Crippen molar-refractivity contribution >= 4 is 17.7 Å². The van der Waals surface area contributed by atoms with Crippen LogP contribution in [-0.4, -0.2) is 40.2 Å². The smallest absolute Gasteiger partial charge is 0.237 e. The molecule has 0 aliphatic carbocycles. The lowest BCUT2D eigenvalue weighted by molar-refractivity contribution is -0.123. The summed E-state index contributed by atoms with van der Waals surface area (Å²) in [6.07, 6.45) is 1.33. The van der Waals surface area contributed by atoms with E-state index in [9.17, 15) is 9.90 Å². The van der Waals surface area contributed by atoms with E-state index in [1.807, 2.05) is 13.8 Å². The van der Waals surface area contributed by atoms with Crippen LogP contribution in [0.3, 0.4) is 0 Å². The molecule has 4 nitrogen and oxygen atoms in total. The fourth-order valence-electron chi connectivity index (χ4n) is 1.29. The summed E-state index contributed by atoms with van der Waals surface area (Å²) in [6, 6.07) is 0. The van der Waals surface area contributed by atoms with Gasteiger partial charge in [0.1, 0.15) is 0 Å². The quantitative estimate of drug-likeness (QED) is 0.582. The molecule has 0 aromatic heterocycles. The highest BCUT2D eigenvalue weighted by Gasteiger charge is 2.29. The molecule has 17 heavy (non-hydrogen) atoms. The number of nitrogens with two attached hydrogens (primary N) is 1. The first-order valence-corrected chi connectivity index (χ1v) is 7.23. The molecule has 0 radical (unpaired) electrons. The van der Waals surface area contributed by atoms with E-state index in [0.717, 1.165) is 18.7 Å². The minimum atomic E-state index is -0.637. The minimum absolute atomic E-state index is 0.179. The standard InChI is InChI=1S/C12H26N2O2S/c1-5-7-14-12(4,11(13)16)6-8-17-10(3)9(2)15/h9-10,14-15H,5-8H2,1-4H3,(H2,13,16). The molecular weight excluding hydrogens is 236 g/mol. The largest absolute Gasteiger partial charge is 0.392 e. The fraction of sp³-hybridized carbons (Fsp3) is 0.917. The number of amides is 1. The third-order valence-electron chi connectivity index (χ3n) is 2.97. The van der Waals surface area contributed by atoms with E-state index in [2.05, 4.69) is 12.2 Å². The Hall–Kier alpha value is -0.260. The van der Waals surface area contributed by atoms with Crippen LogP contribution in [0.15, 0.2) is 0 Å². The topological polar surface area (TPSA) is 75.3 Å². The van der Waals surface area contributed by atoms with Crippen LogP contribution < -0.4 is 11.1 Å². The lowest BCUT2D eigenvalue weighted by Gasteiger charge is -2.28. The molecule has 0 spiro atoms. The molecule has 4 N–H and O–H groups in total. The molecular formula is C12H26N2O2S. The van der Waals surface area contributed by atoms with E-state index in [1.54, 1.807) is 18.7 Å². The highest BCUT2D eigenvalue weighted by atomic mass is 32.2. The van der Waals surface area contributed by atoms with Gasteiger partial charge in [-0.25, -0.2) is 0 Å². The molecule has 0 bridgehead atoms. The molecule has 3 atom stereocenters. The zero-order valence-corrected chi connectivity index (χ0v) is 12.1. The van der Waals surface area contributed by atoms with Crippen molar-refractivity contribution in [2.24, 2.45) is 5.73 Å². The Kier molecular flexibility index (Phi) is 7.83. The number of carbonyl (C=O) groups is 1. The van der Waals surface area contributed by atoms with Gasteiger partial charge in [0.05, 0.1) is 11.6 Å². The fourth-order valence-corrected chi connectivity index (χ4v) is 2.46. The van der Waals surface area contributed by atoms with E-state index in [4.69, 9.17) is 5.73 Å². The van der Waals surface area contributed by atoms with E-state index in [-0.39, 0.29) is 17.3 Å². The van der Waals surface area contributed by atoms with E-state index >= 15 is 0 Å². The van der Waals surface area contributed by atoms with Crippen LogP contribution in [0.2, 0.25) is 0 Å². The Bertz CT molecular complexity index is 237. The summed E-state index contributed by atoms with van der Waals surface area (Å²) in [5, 5.41) is 12.7. The molecule has 5 heteroatoms. The van der Waals surface area contributed by atoms with Gasteiger partial charge >= 0.3 is 0 Å². The Balaban J connectivity index is 4.13. The number of hydrogen-bond acceptors (Lipinski definition) is 4. The highest BCUT2D eigenvalue weighted by molar-refractivity contribution is 7.99. The summed E-state index contributed by atoms with van der Waals surface area (Å²) < 4.78 is 0. The maximum atomic E-state index is 11.4. The molecule has 0 saturated carbocycles. The highest BCUT2D eigenvalue weighted by Crippen LogP contribution is 2.19. The lowest BCUT2D eigenvalue weighted by atomic mass is 9.98. The number of thioether (sulfide) groups is 1. The predicted octanol–water partition coefficient (Wildman–Crippen LogP) is 1.12. The van der Waals surface area contributed by atoms with Gasteiger partial charge < -0.3 is 16.2 Å². The lowest BCUT2D eigenvalue weighted by Crippen LogP contribution is -2.53. The molecule has 0 aliphatic rings. The summed E-state index contributed by atoms with van der Waals surface area (Å²) in [6.45, 7) is 8.45. The molecule has 0 aliphatic heterocycles. The molecule has 3 unspecified atom stereocenters. The maximum absolute atomic E-state index is 11.4. The minimum Gasteiger partial charge on any atom is -0.392 e. The number of rotatable bonds is 9. The normalized spacial score (nSPS) is 18.4. The second kappa shape index (κ2) is 7.95. The summed E-state index contributed by atoms with van der Waals surface area (Å²) in [4.78, 5) is 11.4. The summed E-state index contributed by atoms with van der Waals surface area (Å²) in [7, 11) is 0. The Morgan fingerprint density at radius 2 is 2.12 bits per heavy atom. The third kappa shape index (κ3) is 6.29. The van der Waals surface area contributed by atoms with Crippen molar-refractivity contribution in [3.05, 3.63) is 0 Å². The summed E-state index contributed by atoms with van der Waals surface area (Å²) >= 11 is 1.66. The average molecular weight is 262 g/mol. The number of aliphatic hydroxyl groups is 1. The van der Waals surface area contributed by atoms with Crippen LogP contribution in [0.4, 0.5) is 0 Å². The van der Waals surface area contributed by atoms with Crippen molar-refractivity contribution in [1.82, 2.24) is 5.32 Å². The van der Waals surface area contributed by atoms with Gasteiger partial charge in [-0.15, -0.1) is 0 Å². The van der Waals surface area contributed by atoms with Gasteiger partial charge in [0, 0.05) is 5.25 Å². The van der Waals surface area contributed by atoms with Gasteiger partial charge in [-0.3, -0.25) is 4.79 Å². The van der Waals surface area contributed by atoms with Gasteiger partial charge in [-0.05, 0) is 39.0 Å². The maximum Gasteiger partial charge on any atom is 0.237 e. The molecule has 0 aromatic carbocycles. The van der Waals surface area contributed by atoms with Crippen LogP contribution in [-0.2, 0) is 4.79 Å². The Morgan fingerprint density at radius 1 is 1.53 bits per heavy atom. The van der Waals surface area contributed by atoms with Gasteiger partial charge in [0.2, 0.25) is 5.91 Å². The second-order valence-corrected chi connectivity index (χ2v) is 6.17. The van der Waals surface area contributed by atoms with Crippen molar-refractivity contribution in [1.29, 1.82) is 0 Å². The SMILES string of the molecule is CCCNC(C)(CCSC(C)C(C)O)C(N)=O. The number of carbonyl (C=O) groups excluding carboxylic acids is 1. The molecule has 0 rings (SSSR count). The molecule has 0 saturated heterocycles. The number of primary amides is 1. The number of nitrogens with one attached hydrogen (secondary N) is 1. The van der Waals surface area contributed by atoms with E-state index < -0.39 is 5.54 Å². The van der Waals surface area contributed by atoms with Crippen LogP contribution in [0.1, 0.15) is 40.5 Å². The first-order chi connectivity index (χ1) is 7.83. The molecule has 0 fully saturated rings. The summed E-state index contributed by atoms with van der Waals surface area (Å²) in [5.41, 5.74) is 4.79. The second-order valence-electron chi connectivity index (χ2n) is 4.69. The predicted molar refractivity (Wildman–Crippen MR) is 74.1 cm³/mol. The van der Waals surface area contributed by atoms with Gasteiger partial charge in [-0.2, -0.15) is 11.8 Å². The van der Waals surface area contributed by atoms with Crippen LogP contribution in [0.5, 0.6) is 0 Å². The molecule has 102 valence electrons. The molecule has 0 aromatic rings. The Labute approximate surface area is 109 Å². The van der Waals surface area contributed by atoms with Crippen LogP contribution >= 0.6 is 11.8 Å². The molecule has 1 amide bonds. The number of hydrogen-bond donors (Lipinski definition) is 3. The van der Waals surface area contributed by atoms with E-state index in [0.29, 0.717) is 6.42 Å². The van der Waals surface area contributed by atoms with Gasteiger partial charge in [-0.1, -0.05) is 13.8 Å². The van der Waals surface area contributed by atoms with Gasteiger partial charge in [0.15, 0.2) is 0 Å². The number of aliphatic hydroxyl groups excluding tert-OH is 1. The van der Waals surface area contributed by atoms with Gasteiger partial charge in [0.25, 0.3) is 0 Å². The average Bonchev–Trinajstić information content (AvgIpc) is 2.25. The van der Waals surface area contributed by atoms with Crippen molar-refractivity contribution in [2.75, 3.05) is 12.3 Å². The van der Waals surface area contributed by atoms with Crippen molar-refractivity contribution < 1.29 is 9.90 Å². The van der Waals surface area contributed by atoms with Crippen LogP contribution in [0.25, 0.3) is 0 Å². The first kappa shape index (κ1) is 16.7. The summed E-state index contributed by atoms with van der Waals surface area (Å²) in [5.74, 6) is 0.499. The monoisotopic (exact) mass is 262 g/mol. The van der Waals surface area contributed by atoms with Crippen molar-refractivity contribution in [3.63, 3.8) is 0 Å². The zero-order valence-electron chi connectivity index (χ0n) is 11.3. The van der Waals surface area contributed by atoms with Crippen LogP contribution in [0, 0.1) is 0 Å². The zero-order chi connectivity index (χ0) is 13.5. The molecule has 0 heterocycles. The van der Waals surface area contributed by atoms with E-state index in [1.165, 1.54) is 0 Å². The van der Waals surface area contributed by atoms with Crippen molar-refractivity contribution in [2.45, 2.75) is 57.4 Å².